The van der Waals surface area contributed by atoms with Crippen molar-refractivity contribution in [1.82, 2.24) is 9.44 Å². The Balaban J connectivity index is 3.34. The molecule has 0 aromatic heterocycles. The minimum absolute atomic E-state index is 0.132. The second-order valence-electron chi connectivity index (χ2n) is 2.87. The van der Waals surface area contributed by atoms with Crippen LogP contribution in [-0.2, 0) is 0 Å². The molecule has 2 N–H and O–H groups in total. The van der Waals surface area contributed by atoms with Gasteiger partial charge in [0.25, 0.3) is 0 Å². The lowest BCUT2D eigenvalue weighted by atomic mass is 10.6. The van der Waals surface area contributed by atoms with Crippen molar-refractivity contribution in [2.75, 3.05) is 0 Å². The summed E-state index contributed by atoms with van der Waals surface area (Å²) in [6.45, 7) is 8.11. The number of nitrogens with one attached hydrogen (secondary N) is 2. The normalized spacial score (nSPS) is 10.5. The summed E-state index contributed by atoms with van der Waals surface area (Å²) >= 11 is 2.83. The summed E-state index contributed by atoms with van der Waals surface area (Å²) in [6, 6.07) is -0.132. The molecule has 0 rings (SSSR count). The highest BCUT2D eigenvalue weighted by Crippen LogP contribution is 2.06. The van der Waals surface area contributed by atoms with Gasteiger partial charge in [0.2, 0.25) is 0 Å². The Labute approximate surface area is 82.7 Å². The molecule has 0 fully saturated rings. The summed E-state index contributed by atoms with van der Waals surface area (Å²) in [7, 11) is 0. The number of urea groups is 1. The zero-order valence-corrected chi connectivity index (χ0v) is 9.51. The fourth-order valence-electron chi connectivity index (χ4n) is 0.364. The summed E-state index contributed by atoms with van der Waals surface area (Å²) in [4.78, 5) is 11.0. The highest BCUT2D eigenvalue weighted by molar-refractivity contribution is 7.99. The lowest BCUT2D eigenvalue weighted by Crippen LogP contribution is -2.28. The minimum atomic E-state index is -0.132. The van der Waals surface area contributed by atoms with Gasteiger partial charge in [-0.15, -0.1) is 0 Å². The number of hydrogen-bond acceptors (Lipinski definition) is 3. The van der Waals surface area contributed by atoms with Crippen LogP contribution in [-0.4, -0.2) is 16.5 Å². The molecule has 0 unspecified atom stereocenters. The molecule has 72 valence electrons. The van der Waals surface area contributed by atoms with Crippen molar-refractivity contribution in [2.24, 2.45) is 0 Å². The van der Waals surface area contributed by atoms with Gasteiger partial charge in [-0.05, 0) is 23.9 Å². The molecule has 3 nitrogen and oxygen atoms in total. The van der Waals surface area contributed by atoms with Crippen LogP contribution in [0, 0.1) is 0 Å². The third-order valence-corrected chi connectivity index (χ3v) is 2.32. The molecule has 0 radical (unpaired) electrons. The molecule has 2 amide bonds. The van der Waals surface area contributed by atoms with Gasteiger partial charge in [-0.1, -0.05) is 27.7 Å². The van der Waals surface area contributed by atoms with Gasteiger partial charge < -0.3 is 0 Å². The van der Waals surface area contributed by atoms with Crippen molar-refractivity contribution in [2.45, 2.75) is 38.2 Å². The van der Waals surface area contributed by atoms with Crippen molar-refractivity contribution in [3.8, 4) is 0 Å². The second-order valence-corrected chi connectivity index (χ2v) is 5.63. The van der Waals surface area contributed by atoms with Gasteiger partial charge in [-0.2, -0.15) is 0 Å². The summed E-state index contributed by atoms with van der Waals surface area (Å²) in [5.74, 6) is 0. The Morgan fingerprint density at radius 1 is 1.00 bits per heavy atom. The zero-order valence-electron chi connectivity index (χ0n) is 7.88. The van der Waals surface area contributed by atoms with Gasteiger partial charge in [0.1, 0.15) is 0 Å². The molecular formula is C7H16N2OS2. The number of carbonyl (C=O) groups is 1. The molecular weight excluding hydrogens is 192 g/mol. The van der Waals surface area contributed by atoms with E-state index in [9.17, 15) is 4.79 Å². The van der Waals surface area contributed by atoms with E-state index >= 15 is 0 Å². The van der Waals surface area contributed by atoms with Crippen LogP contribution in [0.25, 0.3) is 0 Å². The number of carbonyl (C=O) groups excluding carboxylic acids is 1. The van der Waals surface area contributed by atoms with E-state index < -0.39 is 0 Å². The van der Waals surface area contributed by atoms with Crippen LogP contribution >= 0.6 is 23.9 Å². The van der Waals surface area contributed by atoms with Crippen molar-refractivity contribution in [3.05, 3.63) is 0 Å². The maximum atomic E-state index is 11.0. The van der Waals surface area contributed by atoms with E-state index in [2.05, 4.69) is 9.44 Å². The first-order valence-electron chi connectivity index (χ1n) is 3.89. The molecule has 0 heterocycles. The van der Waals surface area contributed by atoms with E-state index in [1.807, 2.05) is 27.7 Å². The summed E-state index contributed by atoms with van der Waals surface area (Å²) in [5.41, 5.74) is 0. The molecule has 0 spiro atoms. The third-order valence-electron chi connectivity index (χ3n) is 0.775. The Morgan fingerprint density at radius 3 is 1.58 bits per heavy atom. The molecule has 0 aliphatic carbocycles. The van der Waals surface area contributed by atoms with Gasteiger partial charge in [-0.25, -0.2) is 4.79 Å². The Bertz CT molecular complexity index is 125. The van der Waals surface area contributed by atoms with E-state index in [4.69, 9.17) is 0 Å². The van der Waals surface area contributed by atoms with Crippen LogP contribution in [0.2, 0.25) is 0 Å². The lowest BCUT2D eigenvalue weighted by molar-refractivity contribution is 0.252. The fraction of sp³-hybridized carbons (Fsp3) is 0.857. The monoisotopic (exact) mass is 208 g/mol. The van der Waals surface area contributed by atoms with E-state index in [-0.39, 0.29) is 6.03 Å². The Kier molecular flexibility index (Phi) is 6.47. The summed E-state index contributed by atoms with van der Waals surface area (Å²) in [5, 5.41) is 0.833. The Morgan fingerprint density at radius 2 is 1.33 bits per heavy atom. The average Bonchev–Trinajstić information content (AvgIpc) is 1.96. The van der Waals surface area contributed by atoms with E-state index in [0.29, 0.717) is 10.5 Å². The maximum absolute atomic E-state index is 11.0. The van der Waals surface area contributed by atoms with Crippen molar-refractivity contribution < 1.29 is 4.79 Å². The topological polar surface area (TPSA) is 41.1 Å². The van der Waals surface area contributed by atoms with Gasteiger partial charge in [-0.3, -0.25) is 9.44 Å². The standard InChI is InChI=1S/C7H16N2OS2/c1-5(2)11-8-7(10)9-12-6(3)4/h5-6H,1-4H3,(H2,8,9,10). The molecule has 0 aromatic carbocycles. The molecule has 0 aliphatic rings. The zero-order chi connectivity index (χ0) is 9.56. The number of amides is 2. The van der Waals surface area contributed by atoms with Gasteiger partial charge in [0, 0.05) is 10.5 Å². The smallest absolute Gasteiger partial charge is 0.281 e. The molecule has 0 aliphatic heterocycles. The van der Waals surface area contributed by atoms with Gasteiger partial charge in [0.15, 0.2) is 0 Å². The highest BCUT2D eigenvalue weighted by atomic mass is 32.2. The van der Waals surface area contributed by atoms with Crippen LogP contribution in [0.1, 0.15) is 27.7 Å². The second kappa shape index (κ2) is 6.48. The Hall–Kier alpha value is -0.0300. The van der Waals surface area contributed by atoms with Crippen LogP contribution in [0.4, 0.5) is 4.79 Å². The molecule has 0 atom stereocenters. The average molecular weight is 208 g/mol. The molecule has 12 heavy (non-hydrogen) atoms. The fourth-order valence-corrected chi connectivity index (χ4v) is 1.22. The van der Waals surface area contributed by atoms with Crippen LogP contribution in [0.3, 0.4) is 0 Å². The van der Waals surface area contributed by atoms with Gasteiger partial charge in [0.05, 0.1) is 0 Å². The van der Waals surface area contributed by atoms with E-state index in [0.717, 1.165) is 0 Å². The molecule has 0 saturated carbocycles. The third kappa shape index (κ3) is 8.07. The lowest BCUT2D eigenvalue weighted by Gasteiger charge is -2.08. The number of hydrogen-bond donors (Lipinski definition) is 2. The predicted molar refractivity (Wildman–Crippen MR) is 57.1 cm³/mol. The van der Waals surface area contributed by atoms with Crippen LogP contribution in [0.5, 0.6) is 0 Å². The molecule has 5 heteroatoms. The van der Waals surface area contributed by atoms with E-state index in [1.165, 1.54) is 23.9 Å². The van der Waals surface area contributed by atoms with Crippen LogP contribution < -0.4 is 9.44 Å². The van der Waals surface area contributed by atoms with Crippen molar-refractivity contribution in [3.63, 3.8) is 0 Å². The summed E-state index contributed by atoms with van der Waals surface area (Å²) < 4.78 is 5.37. The molecule has 0 bridgehead atoms. The first-order valence-corrected chi connectivity index (χ1v) is 5.65. The molecule has 0 aromatic rings. The van der Waals surface area contributed by atoms with Gasteiger partial charge >= 0.3 is 6.03 Å². The SMILES string of the molecule is CC(C)SNC(=O)NSC(C)C. The first kappa shape index (κ1) is 12.0. The number of rotatable bonds is 4. The minimum Gasteiger partial charge on any atom is -0.281 e. The van der Waals surface area contributed by atoms with E-state index in [1.54, 1.807) is 0 Å². The largest absolute Gasteiger partial charge is 0.334 e. The highest BCUT2D eigenvalue weighted by Gasteiger charge is 2.02. The van der Waals surface area contributed by atoms with Crippen molar-refractivity contribution >= 4 is 29.9 Å². The van der Waals surface area contributed by atoms with Crippen molar-refractivity contribution in [1.29, 1.82) is 0 Å². The quantitative estimate of drug-likeness (QED) is 0.697. The summed E-state index contributed by atoms with van der Waals surface area (Å²) in [6.07, 6.45) is 0. The maximum Gasteiger partial charge on any atom is 0.334 e. The van der Waals surface area contributed by atoms with Crippen LogP contribution in [0.15, 0.2) is 0 Å². The predicted octanol–water partition coefficient (Wildman–Crippen LogP) is 2.40. The molecule has 0 saturated heterocycles. The first-order chi connectivity index (χ1) is 5.52.